The fourth-order valence-electron chi connectivity index (χ4n) is 1.96. The summed E-state index contributed by atoms with van der Waals surface area (Å²) in [5.41, 5.74) is 2.87. The molecule has 2 rings (SSSR count). The lowest BCUT2D eigenvalue weighted by Crippen LogP contribution is -3.05. The van der Waals surface area contributed by atoms with E-state index in [2.05, 4.69) is 49.4 Å². The van der Waals surface area contributed by atoms with Crippen molar-refractivity contribution < 1.29 is 28.9 Å². The summed E-state index contributed by atoms with van der Waals surface area (Å²) in [6, 6.07) is 8.42. The Morgan fingerprint density at radius 2 is 2.06 bits per heavy atom. The van der Waals surface area contributed by atoms with Crippen molar-refractivity contribution in [1.82, 2.24) is 0 Å². The zero-order valence-electron chi connectivity index (χ0n) is 9.19. The van der Waals surface area contributed by atoms with Crippen LogP contribution in [0.25, 0.3) is 0 Å². The van der Waals surface area contributed by atoms with Crippen molar-refractivity contribution >= 4 is 23.1 Å². The monoisotopic (exact) mass is 346 g/mol. The summed E-state index contributed by atoms with van der Waals surface area (Å²) in [5, 5.41) is 1.89. The number of fused-ring (bicyclic) bond motifs is 1. The number of thioether (sulfide) groups is 1. The zero-order chi connectivity index (χ0) is 10.8. The van der Waals surface area contributed by atoms with Gasteiger partial charge in [0.15, 0.2) is 5.69 Å². The number of hydrogen-bond donors (Lipinski definition) is 1. The second-order valence-corrected chi connectivity index (χ2v) is 4.49. The molecule has 0 aliphatic carbocycles. The van der Waals surface area contributed by atoms with Crippen LogP contribution in [-0.2, 0) is 0 Å². The van der Waals surface area contributed by atoms with Crippen LogP contribution in [0.15, 0.2) is 49.0 Å². The summed E-state index contributed by atoms with van der Waals surface area (Å²) in [5.74, 6) is 0. The van der Waals surface area contributed by atoms with Crippen LogP contribution in [0.1, 0.15) is 0 Å². The Bertz CT molecular complexity index is 394. The molecule has 2 unspecified atom stereocenters. The highest BCUT2D eigenvalue weighted by Crippen LogP contribution is 2.31. The van der Waals surface area contributed by atoms with Gasteiger partial charge in [-0.25, -0.2) is 4.90 Å². The number of nitrogens with one attached hydrogen (secondary N) is 1. The van der Waals surface area contributed by atoms with Crippen molar-refractivity contribution in [2.24, 2.45) is 0 Å². The summed E-state index contributed by atoms with van der Waals surface area (Å²) in [7, 11) is 2.11. The van der Waals surface area contributed by atoms with E-state index in [4.69, 9.17) is 0 Å². The van der Waals surface area contributed by atoms with Gasteiger partial charge in [-0.3, -0.25) is 0 Å². The van der Waals surface area contributed by atoms with Crippen molar-refractivity contribution in [3.8, 4) is 0 Å². The number of para-hydroxylation sites is 2. The minimum absolute atomic E-state index is 0. The third kappa shape index (κ3) is 2.14. The molecule has 1 N–H and O–H groups in total. The number of hydrogen-bond acceptors (Lipinski definition) is 2. The van der Waals surface area contributed by atoms with Gasteiger partial charge in [0.2, 0.25) is 5.50 Å². The van der Waals surface area contributed by atoms with Gasteiger partial charge in [-0.05, 0) is 29.8 Å². The molecule has 2 atom stereocenters. The summed E-state index contributed by atoms with van der Waals surface area (Å²) >= 11 is 1.72. The quantitative estimate of drug-likeness (QED) is 0.700. The molecule has 0 spiro atoms. The molecule has 0 fully saturated rings. The van der Waals surface area contributed by atoms with Gasteiger partial charge in [0.25, 0.3) is 0 Å². The van der Waals surface area contributed by atoms with Crippen LogP contribution in [0, 0.1) is 0 Å². The molecule has 1 heterocycles. The molecule has 1 aliphatic rings. The standard InChI is InChI=1S/C12H14N2S.HI/c1-4-14-11-9-7-6-8-10(11)13(3)12(14)15-5-2;/h4-9,12H,1-2H2,3H3;1H. The lowest BCUT2D eigenvalue weighted by Gasteiger charge is -2.20. The lowest BCUT2D eigenvalue weighted by molar-refractivity contribution is -0.778. The predicted octanol–water partition coefficient (Wildman–Crippen LogP) is -1.04. The van der Waals surface area contributed by atoms with E-state index in [1.54, 1.807) is 11.8 Å². The number of nitrogens with zero attached hydrogens (tertiary/aromatic N) is 1. The van der Waals surface area contributed by atoms with Gasteiger partial charge in [0.05, 0.1) is 6.20 Å². The first-order valence-corrected chi connectivity index (χ1v) is 5.81. The molecule has 86 valence electrons. The summed E-state index contributed by atoms with van der Waals surface area (Å²) in [6.07, 6.45) is 1.95. The first kappa shape index (κ1) is 13.6. The molecule has 4 heteroatoms. The molecule has 0 amide bonds. The average molecular weight is 346 g/mol. The number of rotatable bonds is 3. The Morgan fingerprint density at radius 3 is 2.69 bits per heavy atom. The van der Waals surface area contributed by atoms with Gasteiger partial charge in [0, 0.05) is 13.1 Å². The number of benzene rings is 1. The Kier molecular flexibility index (Phi) is 4.89. The Hall–Kier alpha value is -0.460. The molecular weight excluding hydrogens is 331 g/mol. The van der Waals surface area contributed by atoms with Gasteiger partial charge in [-0.1, -0.05) is 18.7 Å². The van der Waals surface area contributed by atoms with Crippen molar-refractivity contribution in [2.75, 3.05) is 11.9 Å². The normalized spacial score (nSPS) is 22.2. The summed E-state index contributed by atoms with van der Waals surface area (Å²) < 4.78 is 0. The molecule has 16 heavy (non-hydrogen) atoms. The van der Waals surface area contributed by atoms with E-state index in [1.165, 1.54) is 16.3 Å². The summed E-state index contributed by atoms with van der Waals surface area (Å²) in [4.78, 5) is 3.54. The van der Waals surface area contributed by atoms with Crippen LogP contribution >= 0.6 is 11.8 Å². The van der Waals surface area contributed by atoms with E-state index >= 15 is 0 Å². The molecule has 0 saturated heterocycles. The Morgan fingerprint density at radius 1 is 1.38 bits per heavy atom. The van der Waals surface area contributed by atoms with Gasteiger partial charge < -0.3 is 28.9 Å². The second kappa shape index (κ2) is 5.75. The van der Waals surface area contributed by atoms with Crippen molar-refractivity contribution in [1.29, 1.82) is 0 Å². The molecule has 1 aromatic carbocycles. The highest BCUT2D eigenvalue weighted by atomic mass is 127. The maximum atomic E-state index is 3.90. The van der Waals surface area contributed by atoms with Crippen LogP contribution in [0.4, 0.5) is 11.4 Å². The highest BCUT2D eigenvalue weighted by Gasteiger charge is 2.36. The third-order valence-electron chi connectivity index (χ3n) is 2.66. The van der Waals surface area contributed by atoms with Gasteiger partial charge >= 0.3 is 0 Å². The van der Waals surface area contributed by atoms with Crippen molar-refractivity contribution in [3.63, 3.8) is 0 Å². The van der Waals surface area contributed by atoms with E-state index in [0.717, 1.165) is 0 Å². The Balaban J connectivity index is 0.00000128. The first-order chi connectivity index (χ1) is 7.29. The molecule has 0 radical (unpaired) electrons. The fourth-order valence-corrected chi connectivity index (χ4v) is 2.81. The van der Waals surface area contributed by atoms with E-state index in [9.17, 15) is 0 Å². The number of quaternary nitrogens is 1. The van der Waals surface area contributed by atoms with Crippen LogP contribution in [0.2, 0.25) is 0 Å². The van der Waals surface area contributed by atoms with E-state index in [0.29, 0.717) is 5.50 Å². The van der Waals surface area contributed by atoms with E-state index < -0.39 is 0 Å². The topological polar surface area (TPSA) is 7.68 Å². The van der Waals surface area contributed by atoms with Gasteiger partial charge in [0.1, 0.15) is 5.69 Å². The Labute approximate surface area is 118 Å². The molecule has 1 aromatic rings. The first-order valence-electron chi connectivity index (χ1n) is 4.87. The van der Waals surface area contributed by atoms with Crippen LogP contribution in [0.5, 0.6) is 0 Å². The largest absolute Gasteiger partial charge is 1.00 e. The zero-order valence-corrected chi connectivity index (χ0v) is 12.2. The fraction of sp³-hybridized carbons (Fsp3) is 0.167. The maximum Gasteiger partial charge on any atom is 0.224 e. The van der Waals surface area contributed by atoms with Gasteiger partial charge in [-0.2, -0.15) is 0 Å². The highest BCUT2D eigenvalue weighted by molar-refractivity contribution is 8.02. The molecule has 2 nitrogen and oxygen atoms in total. The number of halogens is 1. The van der Waals surface area contributed by atoms with E-state index in [1.807, 2.05) is 11.6 Å². The molecule has 0 bridgehead atoms. The van der Waals surface area contributed by atoms with Gasteiger partial charge in [-0.15, -0.1) is 0 Å². The lowest BCUT2D eigenvalue weighted by atomic mass is 10.2. The summed E-state index contributed by atoms with van der Waals surface area (Å²) in [6.45, 7) is 7.68. The minimum atomic E-state index is 0. The van der Waals surface area contributed by atoms with Crippen LogP contribution in [-0.4, -0.2) is 12.5 Å². The molecule has 1 aliphatic heterocycles. The molecule has 0 aromatic heterocycles. The SMILES string of the molecule is C=CSC1N(C)c2ccccc2[NH+]1C=C.[I-]. The predicted molar refractivity (Wildman–Crippen MR) is 67.2 cm³/mol. The smallest absolute Gasteiger partial charge is 0.224 e. The van der Waals surface area contributed by atoms with Crippen LogP contribution < -0.4 is 33.8 Å². The second-order valence-electron chi connectivity index (χ2n) is 3.44. The molecule has 0 saturated carbocycles. The van der Waals surface area contributed by atoms with Crippen molar-refractivity contribution in [2.45, 2.75) is 5.50 Å². The maximum absolute atomic E-state index is 3.90. The van der Waals surface area contributed by atoms with E-state index in [-0.39, 0.29) is 24.0 Å². The third-order valence-corrected chi connectivity index (χ3v) is 3.68. The minimum Gasteiger partial charge on any atom is -1.00 e. The van der Waals surface area contributed by atoms with Crippen LogP contribution in [0.3, 0.4) is 0 Å². The number of anilines is 1. The molecular formula is C12H15IN2S. The van der Waals surface area contributed by atoms with Crippen molar-refractivity contribution in [3.05, 3.63) is 49.0 Å². The average Bonchev–Trinajstić information content (AvgIpc) is 2.54.